The molecule has 4 heterocycles. The molecule has 0 radical (unpaired) electrons. The number of likely N-dealkylation sites (N-methyl/N-ethyl adjacent to an activating group) is 1. The van der Waals surface area contributed by atoms with E-state index in [1.165, 1.54) is 63.3 Å². The van der Waals surface area contributed by atoms with E-state index >= 15 is 4.39 Å². The zero-order valence-corrected chi connectivity index (χ0v) is 34.8. The summed E-state index contributed by atoms with van der Waals surface area (Å²) < 4.78 is 30.0. The van der Waals surface area contributed by atoms with Crippen molar-refractivity contribution in [1.82, 2.24) is 29.0 Å². The number of ether oxygens (including phenoxy) is 2. The molecule has 0 unspecified atom stereocenters. The molecule has 12 nitrogen and oxygen atoms in total. The van der Waals surface area contributed by atoms with Crippen molar-refractivity contribution in [2.45, 2.75) is 70.2 Å². The molecule has 57 heavy (non-hydrogen) atoms. The zero-order valence-electron chi connectivity index (χ0n) is 32.9. The molecule has 0 saturated carbocycles. The molecule has 3 aromatic carbocycles. The molecule has 0 aliphatic carbocycles. The summed E-state index contributed by atoms with van der Waals surface area (Å²) in [5.41, 5.74) is -1.78. The normalized spacial score (nSPS) is 16.8. The Bertz CT molecular complexity index is 2480. The van der Waals surface area contributed by atoms with Gasteiger partial charge in [-0.1, -0.05) is 85.8 Å². The summed E-state index contributed by atoms with van der Waals surface area (Å²) in [5, 5.41) is 10.6. The average Bonchev–Trinajstić information content (AvgIpc) is 3.93. The fraction of sp³-hybridized carbons (Fsp3) is 0.357. The van der Waals surface area contributed by atoms with Crippen LogP contribution in [-0.4, -0.2) is 75.4 Å². The van der Waals surface area contributed by atoms with Crippen LogP contribution in [0.5, 0.6) is 5.75 Å². The second-order valence-electron chi connectivity index (χ2n) is 15.5. The Morgan fingerprint density at radius 1 is 1.00 bits per heavy atom. The number of methoxy groups -OCH3 is 1. The van der Waals surface area contributed by atoms with Crippen LogP contribution in [0.3, 0.4) is 0 Å². The van der Waals surface area contributed by atoms with Crippen molar-refractivity contribution in [2.24, 2.45) is 0 Å². The molecule has 2 atom stereocenters. The van der Waals surface area contributed by atoms with Crippen LogP contribution in [0.4, 0.5) is 4.39 Å². The van der Waals surface area contributed by atoms with E-state index in [2.05, 4.69) is 24.0 Å². The summed E-state index contributed by atoms with van der Waals surface area (Å²) in [4.78, 5) is 58.9. The maximum absolute atomic E-state index is 15.1. The van der Waals surface area contributed by atoms with Gasteiger partial charge >= 0.3 is 5.69 Å². The number of carbonyl (C=O) groups excluding carboxylic acids is 1. The number of aromatic nitrogens is 5. The van der Waals surface area contributed by atoms with E-state index in [4.69, 9.17) is 9.47 Å². The van der Waals surface area contributed by atoms with Crippen molar-refractivity contribution < 1.29 is 23.5 Å². The number of amides is 1. The van der Waals surface area contributed by atoms with E-state index < -0.39 is 42.1 Å². The Morgan fingerprint density at radius 3 is 2.21 bits per heavy atom. The predicted molar refractivity (Wildman–Crippen MR) is 221 cm³/mol. The molecule has 6 aromatic rings. The molecule has 1 amide bonds. The van der Waals surface area contributed by atoms with Gasteiger partial charge in [0.25, 0.3) is 13.9 Å². The van der Waals surface area contributed by atoms with Gasteiger partial charge in [0.15, 0.2) is 0 Å². The van der Waals surface area contributed by atoms with E-state index in [0.29, 0.717) is 46.1 Å². The molecule has 0 bridgehead atoms. The SMILES string of the molecule is COc1ccc(F)cc1[C@H](Cn1c(=O)n([C@]2(C)CCN(C)C2=O)c(=O)c2c(C)c(-n3nccn3)sc21)OCCCC(C)(C)[Si](O)(c1ccccc1)c1ccccc1. The smallest absolute Gasteiger partial charge is 0.333 e. The van der Waals surface area contributed by atoms with E-state index in [0.717, 1.165) is 14.9 Å². The first-order valence-corrected chi connectivity index (χ1v) is 21.7. The first-order valence-electron chi connectivity index (χ1n) is 18.9. The average molecular weight is 811 g/mol. The van der Waals surface area contributed by atoms with Crippen LogP contribution < -0.4 is 26.4 Å². The van der Waals surface area contributed by atoms with E-state index in [1.54, 1.807) is 20.9 Å². The molecule has 7 rings (SSSR count). The van der Waals surface area contributed by atoms with Crippen LogP contribution in [0, 0.1) is 12.7 Å². The van der Waals surface area contributed by atoms with Gasteiger partial charge < -0.3 is 19.2 Å². The number of hydrogen-bond acceptors (Lipinski definition) is 9. The van der Waals surface area contributed by atoms with Crippen molar-refractivity contribution >= 4 is 46.2 Å². The lowest BCUT2D eigenvalue weighted by molar-refractivity contribution is -0.133. The lowest BCUT2D eigenvalue weighted by Gasteiger charge is -2.41. The molecule has 298 valence electrons. The van der Waals surface area contributed by atoms with Crippen LogP contribution in [0.2, 0.25) is 5.04 Å². The highest BCUT2D eigenvalue weighted by atomic mass is 32.1. The van der Waals surface area contributed by atoms with E-state index in [-0.39, 0.29) is 30.9 Å². The third-order valence-corrected chi connectivity index (χ3v) is 17.4. The van der Waals surface area contributed by atoms with Gasteiger partial charge in [0, 0.05) is 31.3 Å². The predicted octanol–water partition coefficient (Wildman–Crippen LogP) is 4.91. The van der Waals surface area contributed by atoms with Gasteiger partial charge in [0.05, 0.1) is 31.4 Å². The minimum atomic E-state index is -3.30. The number of hydrogen-bond donors (Lipinski definition) is 1. The molecule has 1 fully saturated rings. The number of benzene rings is 3. The number of halogens is 1. The summed E-state index contributed by atoms with van der Waals surface area (Å²) in [7, 11) is -0.174. The lowest BCUT2D eigenvalue weighted by atomic mass is 10.00. The number of thiophene rings is 1. The highest BCUT2D eigenvalue weighted by molar-refractivity contribution is 7.21. The Kier molecular flexibility index (Phi) is 11.0. The molecule has 0 spiro atoms. The zero-order chi connectivity index (χ0) is 40.7. The molecule has 1 aliphatic heterocycles. The molecule has 1 N–H and O–H groups in total. The molecule has 1 aliphatic rings. The monoisotopic (exact) mass is 810 g/mol. The van der Waals surface area contributed by atoms with Crippen LogP contribution in [0.1, 0.15) is 57.3 Å². The summed E-state index contributed by atoms with van der Waals surface area (Å²) in [5.74, 6) is -0.500. The Labute approximate surface area is 334 Å². The van der Waals surface area contributed by atoms with Gasteiger partial charge in [-0.2, -0.15) is 10.2 Å². The van der Waals surface area contributed by atoms with Gasteiger partial charge in [-0.3, -0.25) is 14.2 Å². The first-order chi connectivity index (χ1) is 27.2. The van der Waals surface area contributed by atoms with Crippen molar-refractivity contribution in [3.8, 4) is 10.8 Å². The Hall–Kier alpha value is -5.22. The van der Waals surface area contributed by atoms with Crippen molar-refractivity contribution in [3.05, 3.63) is 129 Å². The fourth-order valence-corrected chi connectivity index (χ4v) is 13.2. The summed E-state index contributed by atoms with van der Waals surface area (Å²) in [6.07, 6.45) is 3.47. The highest BCUT2D eigenvalue weighted by Gasteiger charge is 2.50. The van der Waals surface area contributed by atoms with Crippen LogP contribution >= 0.6 is 11.3 Å². The van der Waals surface area contributed by atoms with Crippen molar-refractivity contribution in [3.63, 3.8) is 0 Å². The number of nitrogens with zero attached hydrogens (tertiary/aromatic N) is 6. The third kappa shape index (κ3) is 6.96. The number of rotatable bonds is 14. The molecular formula is C42H47FN6O6SSi. The molecule has 1 saturated heterocycles. The molecule has 3 aromatic heterocycles. The van der Waals surface area contributed by atoms with Gasteiger partial charge in [0.1, 0.15) is 33.0 Å². The second kappa shape index (κ2) is 15.6. The maximum atomic E-state index is 15.1. The fourth-order valence-electron chi connectivity index (χ4n) is 8.25. The second-order valence-corrected chi connectivity index (χ2v) is 20.4. The number of carbonyl (C=O) groups is 1. The minimum Gasteiger partial charge on any atom is -0.496 e. The standard InChI is InChI=1S/C42H47FN6O6SSi/c1-28-35-36(50)48(42(4)21-24-46(5)39(42)51)40(52)47(38(35)56-37(28)49-44-22-23-45-49)27-34(32-26-29(43)18-19-33(32)54-6)55-25-13-20-41(2,3)57(53,30-14-9-7-10-15-30)31-16-11-8-12-17-31/h7-12,14-19,22-23,26,34,53H,13,20-21,24-25,27H2,1-6H3/t34-,42+/m0/s1. The van der Waals surface area contributed by atoms with Crippen LogP contribution in [0.15, 0.2) is 101 Å². The van der Waals surface area contributed by atoms with Crippen molar-refractivity contribution in [2.75, 3.05) is 27.3 Å². The summed E-state index contributed by atoms with van der Waals surface area (Å²) in [6.45, 7) is 7.97. The molecular weight excluding hydrogens is 764 g/mol. The Balaban J connectivity index is 1.30. The van der Waals surface area contributed by atoms with Crippen LogP contribution in [0.25, 0.3) is 15.2 Å². The summed E-state index contributed by atoms with van der Waals surface area (Å²) >= 11 is 1.18. The lowest BCUT2D eigenvalue weighted by Crippen LogP contribution is -2.65. The number of aryl methyl sites for hydroxylation is 1. The topological polar surface area (TPSA) is 134 Å². The largest absolute Gasteiger partial charge is 0.496 e. The van der Waals surface area contributed by atoms with Gasteiger partial charge in [-0.05, 0) is 66.7 Å². The van der Waals surface area contributed by atoms with Gasteiger partial charge in [-0.15, -0.1) is 4.80 Å². The number of fused-ring (bicyclic) bond motifs is 1. The van der Waals surface area contributed by atoms with E-state index in [1.807, 2.05) is 60.7 Å². The number of likely N-dealkylation sites (tertiary alicyclic amines) is 1. The van der Waals surface area contributed by atoms with Gasteiger partial charge in [-0.25, -0.2) is 13.8 Å². The highest BCUT2D eigenvalue weighted by Crippen LogP contribution is 2.41. The van der Waals surface area contributed by atoms with Crippen LogP contribution in [-0.2, 0) is 21.6 Å². The first kappa shape index (κ1) is 40.0. The van der Waals surface area contributed by atoms with Gasteiger partial charge in [0.2, 0.25) is 5.91 Å². The minimum absolute atomic E-state index is 0.141. The maximum Gasteiger partial charge on any atom is 0.333 e. The van der Waals surface area contributed by atoms with Crippen molar-refractivity contribution in [1.29, 1.82) is 0 Å². The summed E-state index contributed by atoms with van der Waals surface area (Å²) in [6, 6.07) is 23.7. The third-order valence-electron chi connectivity index (χ3n) is 11.5. The Morgan fingerprint density at radius 2 is 1.63 bits per heavy atom. The molecule has 15 heteroatoms. The quantitative estimate of drug-likeness (QED) is 0.121. The van der Waals surface area contributed by atoms with E-state index in [9.17, 15) is 19.2 Å².